The minimum atomic E-state index is -0.220. The molecule has 0 unspecified atom stereocenters. The second kappa shape index (κ2) is 9.40. The normalized spacial score (nSPS) is 14.9. The summed E-state index contributed by atoms with van der Waals surface area (Å²) in [6.45, 7) is 0. The lowest BCUT2D eigenvalue weighted by atomic mass is 9.81. The number of para-hydroxylation sites is 1. The fourth-order valence-electron chi connectivity index (χ4n) is 4.60. The molecule has 0 amide bonds. The Labute approximate surface area is 212 Å². The average Bonchev–Trinajstić information content (AvgIpc) is 3.40. The molecule has 0 fully saturated rings. The molecule has 176 valence electrons. The molecule has 6 rings (SSSR count). The number of rotatable bonds is 5. The van der Waals surface area contributed by atoms with Gasteiger partial charge < -0.3 is 9.72 Å². The van der Waals surface area contributed by atoms with Crippen LogP contribution in [0.2, 0.25) is 0 Å². The van der Waals surface area contributed by atoms with Gasteiger partial charge in [-0.25, -0.2) is 4.98 Å². The fourth-order valence-corrected chi connectivity index (χ4v) is 5.44. The molecule has 5 aromatic rings. The molecule has 0 bridgehead atoms. The summed E-state index contributed by atoms with van der Waals surface area (Å²) in [6.07, 6.45) is 1.07. The van der Waals surface area contributed by atoms with Crippen LogP contribution in [0, 0.1) is 0 Å². The molecule has 3 aromatic carbocycles. The first-order valence-corrected chi connectivity index (χ1v) is 12.7. The summed E-state index contributed by atoms with van der Waals surface area (Å²) in [5.74, 6) is 1.64. The van der Waals surface area contributed by atoms with Gasteiger partial charge in [-0.2, -0.15) is 0 Å². The summed E-state index contributed by atoms with van der Waals surface area (Å²) < 4.78 is 5.86. The van der Waals surface area contributed by atoms with Crippen LogP contribution in [-0.4, -0.2) is 15.8 Å². The third kappa shape index (κ3) is 4.39. The van der Waals surface area contributed by atoms with E-state index in [1.54, 1.807) is 6.07 Å². The SMILES string of the molecule is O=C1C[C@H](c2ccccc2)Cc2[nH]c(=O)c(-c3nc(-c4ccc(Oc5ccccc5)cc4)cs3)cc21. The van der Waals surface area contributed by atoms with Gasteiger partial charge in [0.2, 0.25) is 0 Å². The van der Waals surface area contributed by atoms with Crippen molar-refractivity contribution in [2.24, 2.45) is 0 Å². The van der Waals surface area contributed by atoms with Crippen LogP contribution < -0.4 is 10.3 Å². The van der Waals surface area contributed by atoms with E-state index in [1.165, 1.54) is 11.3 Å². The summed E-state index contributed by atoms with van der Waals surface area (Å²) in [5.41, 5.74) is 4.33. The molecule has 2 heterocycles. The van der Waals surface area contributed by atoms with Gasteiger partial charge >= 0.3 is 0 Å². The third-order valence-corrected chi connectivity index (χ3v) is 7.32. The highest BCUT2D eigenvalue weighted by Gasteiger charge is 2.28. The molecule has 0 saturated heterocycles. The maximum absolute atomic E-state index is 13.0. The zero-order chi connectivity index (χ0) is 24.5. The van der Waals surface area contributed by atoms with Crippen LogP contribution in [0.15, 0.2) is 101 Å². The highest BCUT2D eigenvalue weighted by Crippen LogP contribution is 2.34. The van der Waals surface area contributed by atoms with Crippen molar-refractivity contribution in [3.63, 3.8) is 0 Å². The van der Waals surface area contributed by atoms with Crippen LogP contribution in [0.5, 0.6) is 11.5 Å². The van der Waals surface area contributed by atoms with Crippen molar-refractivity contribution in [1.29, 1.82) is 0 Å². The number of aromatic amines is 1. The first kappa shape index (κ1) is 22.2. The van der Waals surface area contributed by atoms with Gasteiger partial charge in [-0.1, -0.05) is 48.5 Å². The van der Waals surface area contributed by atoms with Gasteiger partial charge in [-0.15, -0.1) is 11.3 Å². The van der Waals surface area contributed by atoms with Crippen molar-refractivity contribution in [3.05, 3.63) is 124 Å². The van der Waals surface area contributed by atoms with Gasteiger partial charge in [-0.3, -0.25) is 9.59 Å². The van der Waals surface area contributed by atoms with Gasteiger partial charge in [0, 0.05) is 28.6 Å². The van der Waals surface area contributed by atoms with Crippen LogP contribution >= 0.6 is 11.3 Å². The van der Waals surface area contributed by atoms with Crippen LogP contribution in [0.25, 0.3) is 21.8 Å². The quantitative estimate of drug-likeness (QED) is 0.292. The van der Waals surface area contributed by atoms with Gasteiger partial charge in [0.15, 0.2) is 5.78 Å². The second-order valence-electron chi connectivity index (χ2n) is 8.82. The molecule has 1 aliphatic carbocycles. The van der Waals surface area contributed by atoms with E-state index in [0.717, 1.165) is 28.3 Å². The van der Waals surface area contributed by atoms with Gasteiger partial charge in [-0.05, 0) is 60.4 Å². The number of Topliss-reactive ketones (excluding diaryl/α,β-unsaturated/α-hetero) is 1. The predicted octanol–water partition coefficient (Wildman–Crippen LogP) is 6.87. The van der Waals surface area contributed by atoms with Gasteiger partial charge in [0.1, 0.15) is 16.5 Å². The summed E-state index contributed by atoms with van der Waals surface area (Å²) in [7, 11) is 0. The molecule has 6 heteroatoms. The van der Waals surface area contributed by atoms with Crippen LogP contribution in [0.3, 0.4) is 0 Å². The third-order valence-electron chi connectivity index (χ3n) is 6.44. The zero-order valence-corrected chi connectivity index (χ0v) is 20.1. The minimum absolute atomic E-state index is 0.0494. The summed E-state index contributed by atoms with van der Waals surface area (Å²) in [4.78, 5) is 33.7. The number of benzene rings is 3. The molecular formula is C30H22N2O3S. The predicted molar refractivity (Wildman–Crippen MR) is 142 cm³/mol. The first-order chi connectivity index (χ1) is 17.6. The van der Waals surface area contributed by atoms with Crippen molar-refractivity contribution in [3.8, 4) is 33.3 Å². The highest BCUT2D eigenvalue weighted by atomic mass is 32.1. The van der Waals surface area contributed by atoms with Crippen LogP contribution in [0.1, 0.15) is 34.0 Å². The van der Waals surface area contributed by atoms with Crippen LogP contribution in [-0.2, 0) is 6.42 Å². The number of ketones is 1. The number of carbonyl (C=O) groups excluding carboxylic acids is 1. The molecule has 0 saturated carbocycles. The molecule has 1 aliphatic rings. The molecule has 0 spiro atoms. The average molecular weight is 491 g/mol. The first-order valence-electron chi connectivity index (χ1n) is 11.8. The Morgan fingerprint density at radius 1 is 0.806 bits per heavy atom. The Morgan fingerprint density at radius 3 is 2.25 bits per heavy atom. The number of H-pyrrole nitrogens is 1. The zero-order valence-electron chi connectivity index (χ0n) is 19.3. The largest absolute Gasteiger partial charge is 0.457 e. The molecule has 1 N–H and O–H groups in total. The number of hydrogen-bond acceptors (Lipinski definition) is 5. The number of thiazole rings is 1. The van der Waals surface area contributed by atoms with E-state index in [9.17, 15) is 9.59 Å². The van der Waals surface area contributed by atoms with E-state index < -0.39 is 0 Å². The number of carbonyl (C=O) groups is 1. The minimum Gasteiger partial charge on any atom is -0.457 e. The Bertz CT molecular complexity index is 1590. The summed E-state index contributed by atoms with van der Waals surface area (Å²) >= 11 is 1.39. The molecular weight excluding hydrogens is 468 g/mol. The van der Waals surface area contributed by atoms with Crippen LogP contribution in [0.4, 0.5) is 0 Å². The lowest BCUT2D eigenvalue weighted by Gasteiger charge is -2.24. The summed E-state index contributed by atoms with van der Waals surface area (Å²) in [6, 6.07) is 29.0. The monoisotopic (exact) mass is 490 g/mol. The van der Waals surface area contributed by atoms with Gasteiger partial charge in [0.05, 0.1) is 11.3 Å². The highest BCUT2D eigenvalue weighted by molar-refractivity contribution is 7.13. The van der Waals surface area contributed by atoms with E-state index in [0.29, 0.717) is 34.7 Å². The lowest BCUT2D eigenvalue weighted by Crippen LogP contribution is -2.24. The second-order valence-corrected chi connectivity index (χ2v) is 9.68. The molecule has 0 aliphatic heterocycles. The Balaban J connectivity index is 1.25. The molecule has 0 radical (unpaired) electrons. The Hall–Kier alpha value is -4.29. The number of hydrogen-bond donors (Lipinski definition) is 1. The summed E-state index contributed by atoms with van der Waals surface area (Å²) in [5, 5.41) is 2.52. The fraction of sp³-hybridized carbons (Fsp3) is 0.100. The van der Waals surface area contributed by atoms with Crippen molar-refractivity contribution in [2.45, 2.75) is 18.8 Å². The number of nitrogens with zero attached hydrogens (tertiary/aromatic N) is 1. The maximum Gasteiger partial charge on any atom is 0.258 e. The Kier molecular flexibility index (Phi) is 5.79. The standard InChI is InChI=1S/C30H22N2O3S/c33-28-16-21(19-7-3-1-4-8-19)15-26-24(28)17-25(29(34)31-26)30-32-27(18-36-30)20-11-13-23(14-12-20)35-22-9-5-2-6-10-22/h1-14,17-18,21H,15-16H2,(H,31,34)/t21-/m1/s1. The molecule has 1 atom stereocenters. The lowest BCUT2D eigenvalue weighted by molar-refractivity contribution is 0.0963. The number of nitrogens with one attached hydrogen (secondary N) is 1. The molecule has 36 heavy (non-hydrogen) atoms. The van der Waals surface area contributed by atoms with E-state index >= 15 is 0 Å². The number of ether oxygens (including phenoxy) is 1. The van der Waals surface area contributed by atoms with Crippen molar-refractivity contribution >= 4 is 17.1 Å². The molecule has 2 aromatic heterocycles. The van der Waals surface area contributed by atoms with E-state index in [4.69, 9.17) is 9.72 Å². The van der Waals surface area contributed by atoms with E-state index in [-0.39, 0.29) is 17.3 Å². The number of pyridine rings is 1. The Morgan fingerprint density at radius 2 is 1.50 bits per heavy atom. The van der Waals surface area contributed by atoms with E-state index in [1.807, 2.05) is 90.3 Å². The maximum atomic E-state index is 13.0. The number of aromatic nitrogens is 2. The smallest absolute Gasteiger partial charge is 0.258 e. The van der Waals surface area contributed by atoms with Gasteiger partial charge in [0.25, 0.3) is 5.56 Å². The number of fused-ring (bicyclic) bond motifs is 1. The molecule has 5 nitrogen and oxygen atoms in total. The van der Waals surface area contributed by atoms with Crippen molar-refractivity contribution in [1.82, 2.24) is 9.97 Å². The van der Waals surface area contributed by atoms with E-state index in [2.05, 4.69) is 4.98 Å². The van der Waals surface area contributed by atoms with Crippen molar-refractivity contribution < 1.29 is 9.53 Å². The van der Waals surface area contributed by atoms with Crippen molar-refractivity contribution in [2.75, 3.05) is 0 Å². The topological polar surface area (TPSA) is 72.0 Å².